The Kier molecular flexibility index (Phi) is 4.32. The van der Waals surface area contributed by atoms with Gasteiger partial charge in [-0.2, -0.15) is 13.2 Å². The summed E-state index contributed by atoms with van der Waals surface area (Å²) >= 11 is 0. The first-order chi connectivity index (χ1) is 8.36. The van der Waals surface area contributed by atoms with Crippen LogP contribution in [0, 0.1) is 17.7 Å². The molecule has 0 spiro atoms. The molecule has 0 bridgehead atoms. The first-order valence-electron chi connectivity index (χ1n) is 4.77. The minimum Gasteiger partial charge on any atom is -0.468 e. The Bertz CT molecular complexity index is 509. The summed E-state index contributed by atoms with van der Waals surface area (Å²) in [6.45, 7) is 0. The predicted octanol–water partition coefficient (Wildman–Crippen LogP) is 2.76. The van der Waals surface area contributed by atoms with Crippen molar-refractivity contribution in [2.75, 3.05) is 7.11 Å². The third-order valence-corrected chi connectivity index (χ3v) is 1.98. The first kappa shape index (κ1) is 14.0. The Balaban J connectivity index is 3.10. The molecule has 0 aliphatic heterocycles. The minimum absolute atomic E-state index is 0.357. The molecule has 0 unspecified atom stereocenters. The van der Waals surface area contributed by atoms with Crippen molar-refractivity contribution in [1.29, 1.82) is 0 Å². The van der Waals surface area contributed by atoms with E-state index < -0.39 is 29.1 Å². The van der Waals surface area contributed by atoms with Crippen molar-refractivity contribution in [2.45, 2.75) is 12.6 Å². The van der Waals surface area contributed by atoms with Gasteiger partial charge in [0.2, 0.25) is 0 Å². The third-order valence-electron chi connectivity index (χ3n) is 1.98. The lowest BCUT2D eigenvalue weighted by Crippen LogP contribution is -2.10. The van der Waals surface area contributed by atoms with E-state index in [-0.39, 0.29) is 6.42 Å². The molecule has 18 heavy (non-hydrogen) atoms. The number of benzene rings is 1. The molecule has 1 aromatic rings. The van der Waals surface area contributed by atoms with Gasteiger partial charge in [0, 0.05) is 5.56 Å². The highest BCUT2D eigenvalue weighted by Gasteiger charge is 2.36. The molecular weight excluding hydrogens is 252 g/mol. The first-order valence-corrected chi connectivity index (χ1v) is 4.77. The zero-order chi connectivity index (χ0) is 13.8. The molecule has 0 amide bonds. The van der Waals surface area contributed by atoms with E-state index in [1.807, 2.05) is 0 Å². The summed E-state index contributed by atoms with van der Waals surface area (Å²) in [5.74, 6) is 2.25. The van der Waals surface area contributed by atoms with Gasteiger partial charge in [0.25, 0.3) is 0 Å². The minimum atomic E-state index is -4.83. The van der Waals surface area contributed by atoms with Gasteiger partial charge in [-0.1, -0.05) is 17.9 Å². The number of ether oxygens (including phenoxy) is 1. The molecule has 0 radical (unpaired) electrons. The number of esters is 1. The van der Waals surface area contributed by atoms with Crippen LogP contribution in [-0.4, -0.2) is 13.1 Å². The van der Waals surface area contributed by atoms with Gasteiger partial charge in [0.1, 0.15) is 17.8 Å². The molecule has 6 heteroatoms. The molecule has 2 nitrogen and oxygen atoms in total. The highest BCUT2D eigenvalue weighted by Crippen LogP contribution is 2.33. The smallest absolute Gasteiger partial charge is 0.420 e. The number of methoxy groups -OCH3 is 1. The normalized spacial score (nSPS) is 10.5. The van der Waals surface area contributed by atoms with Gasteiger partial charge in [0.15, 0.2) is 0 Å². The molecule has 0 saturated heterocycles. The van der Waals surface area contributed by atoms with Crippen LogP contribution in [0.25, 0.3) is 0 Å². The van der Waals surface area contributed by atoms with E-state index in [0.29, 0.717) is 6.07 Å². The highest BCUT2D eigenvalue weighted by atomic mass is 19.4. The van der Waals surface area contributed by atoms with Crippen LogP contribution in [-0.2, 0) is 15.7 Å². The fourth-order valence-electron chi connectivity index (χ4n) is 1.20. The molecule has 1 aromatic carbocycles. The number of hydrogen-bond acceptors (Lipinski definition) is 2. The SMILES string of the molecule is COC(=O)CC#Cc1cccc(F)c1C(F)(F)F. The monoisotopic (exact) mass is 260 g/mol. The molecule has 0 aliphatic carbocycles. The fourth-order valence-corrected chi connectivity index (χ4v) is 1.20. The number of rotatable bonds is 1. The average molecular weight is 260 g/mol. The van der Waals surface area contributed by atoms with Crippen LogP contribution >= 0.6 is 0 Å². The molecule has 0 N–H and O–H groups in total. The number of alkyl halides is 3. The van der Waals surface area contributed by atoms with Crippen LogP contribution < -0.4 is 0 Å². The zero-order valence-electron chi connectivity index (χ0n) is 9.27. The summed E-state index contributed by atoms with van der Waals surface area (Å²) in [6, 6.07) is 2.86. The van der Waals surface area contributed by atoms with E-state index in [2.05, 4.69) is 16.6 Å². The Labute approximate surface area is 101 Å². The predicted molar refractivity (Wildman–Crippen MR) is 54.9 cm³/mol. The van der Waals surface area contributed by atoms with Gasteiger partial charge in [0.05, 0.1) is 7.11 Å². The Morgan fingerprint density at radius 3 is 2.61 bits per heavy atom. The van der Waals surface area contributed by atoms with Crippen LogP contribution in [0.4, 0.5) is 17.6 Å². The maximum absolute atomic E-state index is 13.1. The van der Waals surface area contributed by atoms with E-state index in [0.717, 1.165) is 19.2 Å². The third kappa shape index (κ3) is 3.48. The molecule has 0 aromatic heterocycles. The van der Waals surface area contributed by atoms with Crippen molar-refractivity contribution in [3.05, 3.63) is 35.1 Å². The van der Waals surface area contributed by atoms with E-state index in [9.17, 15) is 22.4 Å². The van der Waals surface area contributed by atoms with E-state index in [1.54, 1.807) is 0 Å². The zero-order valence-corrected chi connectivity index (χ0v) is 9.27. The summed E-state index contributed by atoms with van der Waals surface area (Å²) in [5, 5.41) is 0. The summed E-state index contributed by atoms with van der Waals surface area (Å²) in [6.07, 6.45) is -5.19. The Morgan fingerprint density at radius 1 is 1.39 bits per heavy atom. The lowest BCUT2D eigenvalue weighted by molar-refractivity contribution is -0.140. The van der Waals surface area contributed by atoms with Crippen LogP contribution in [0.2, 0.25) is 0 Å². The second-order valence-corrected chi connectivity index (χ2v) is 3.21. The van der Waals surface area contributed by atoms with Crippen molar-refractivity contribution in [1.82, 2.24) is 0 Å². The van der Waals surface area contributed by atoms with Crippen LogP contribution in [0.3, 0.4) is 0 Å². The van der Waals surface area contributed by atoms with Crippen LogP contribution in [0.1, 0.15) is 17.5 Å². The molecule has 0 heterocycles. The molecule has 96 valence electrons. The fraction of sp³-hybridized carbons (Fsp3) is 0.250. The molecular formula is C12H8F4O2. The largest absolute Gasteiger partial charge is 0.468 e. The maximum atomic E-state index is 13.1. The second kappa shape index (κ2) is 5.54. The summed E-state index contributed by atoms with van der Waals surface area (Å²) in [5.41, 5.74) is -1.94. The quantitative estimate of drug-likeness (QED) is 0.441. The van der Waals surface area contributed by atoms with Gasteiger partial charge in [-0.15, -0.1) is 0 Å². The Hall–Kier alpha value is -2.03. The van der Waals surface area contributed by atoms with E-state index in [4.69, 9.17) is 0 Å². The van der Waals surface area contributed by atoms with Gasteiger partial charge in [-0.3, -0.25) is 4.79 Å². The van der Waals surface area contributed by atoms with Crippen molar-refractivity contribution in [2.24, 2.45) is 0 Å². The lowest BCUT2D eigenvalue weighted by Gasteiger charge is -2.09. The number of hydrogen-bond donors (Lipinski definition) is 0. The standard InChI is InChI=1S/C12H8F4O2/c1-18-10(17)7-3-5-8-4-2-6-9(13)11(8)12(14,15)16/h2,4,6H,7H2,1H3. The van der Waals surface area contributed by atoms with Crippen molar-refractivity contribution in [3.63, 3.8) is 0 Å². The number of carbonyl (C=O) groups excluding carboxylic acids is 1. The maximum Gasteiger partial charge on any atom is 0.420 e. The Morgan fingerprint density at radius 2 is 2.06 bits per heavy atom. The summed E-state index contributed by atoms with van der Waals surface area (Å²) in [7, 11) is 1.13. The van der Waals surface area contributed by atoms with E-state index in [1.165, 1.54) is 0 Å². The number of halogens is 4. The molecule has 1 rings (SSSR count). The molecule has 0 aliphatic rings. The van der Waals surface area contributed by atoms with Gasteiger partial charge in [-0.25, -0.2) is 4.39 Å². The van der Waals surface area contributed by atoms with Gasteiger partial charge < -0.3 is 4.74 Å². The summed E-state index contributed by atoms with van der Waals surface area (Å²) < 4.78 is 55.1. The van der Waals surface area contributed by atoms with Gasteiger partial charge >= 0.3 is 12.1 Å². The number of carbonyl (C=O) groups is 1. The summed E-state index contributed by atoms with van der Waals surface area (Å²) in [4.78, 5) is 10.7. The molecule has 0 atom stereocenters. The van der Waals surface area contributed by atoms with Crippen molar-refractivity contribution in [3.8, 4) is 11.8 Å². The topological polar surface area (TPSA) is 26.3 Å². The van der Waals surface area contributed by atoms with E-state index >= 15 is 0 Å². The van der Waals surface area contributed by atoms with Crippen molar-refractivity contribution >= 4 is 5.97 Å². The van der Waals surface area contributed by atoms with Gasteiger partial charge in [-0.05, 0) is 12.1 Å². The highest BCUT2D eigenvalue weighted by molar-refractivity contribution is 5.72. The lowest BCUT2D eigenvalue weighted by atomic mass is 10.1. The van der Waals surface area contributed by atoms with Crippen LogP contribution in [0.15, 0.2) is 18.2 Å². The molecule has 0 saturated carbocycles. The average Bonchev–Trinajstić information content (AvgIpc) is 2.27. The molecule has 0 fully saturated rings. The second-order valence-electron chi connectivity index (χ2n) is 3.21. The van der Waals surface area contributed by atoms with Crippen LogP contribution in [0.5, 0.6) is 0 Å². The van der Waals surface area contributed by atoms with Crippen molar-refractivity contribution < 1.29 is 27.1 Å².